The molecule has 1 saturated heterocycles. The van der Waals surface area contributed by atoms with E-state index in [4.69, 9.17) is 25.9 Å². The minimum atomic E-state index is -1.32. The molecule has 2 N–H and O–H groups in total. The van der Waals surface area contributed by atoms with Crippen molar-refractivity contribution in [1.82, 2.24) is 9.88 Å². The number of carboxylic acid groups (broad SMARTS) is 1. The van der Waals surface area contributed by atoms with E-state index in [-0.39, 0.29) is 5.63 Å². The van der Waals surface area contributed by atoms with E-state index in [0.717, 1.165) is 74.0 Å². The molecule has 0 spiro atoms. The average molecular weight is 496 g/mol. The molecule has 9 heteroatoms. The molecular weight excluding hydrogens is 470 g/mol. The van der Waals surface area contributed by atoms with Crippen molar-refractivity contribution in [2.24, 2.45) is 0 Å². The molecular formula is C26H26ClN3O5. The standard InChI is InChI=1S/C26H26ClN3O5/c27-18-4-6-21-23(15-25(31)35-24(21)13-18)30-11-9-29(10-12-30)8-2-1-3-17-16-28-22-14-19(34-26(32)33)5-7-20(17)22/h4-7,13-16,28H,1-3,8-12H2,(H,32,33). The predicted molar refractivity (Wildman–Crippen MR) is 136 cm³/mol. The number of aromatic nitrogens is 1. The van der Waals surface area contributed by atoms with Gasteiger partial charge in [-0.25, -0.2) is 9.59 Å². The summed E-state index contributed by atoms with van der Waals surface area (Å²) >= 11 is 6.06. The van der Waals surface area contributed by atoms with E-state index in [1.165, 1.54) is 5.56 Å². The van der Waals surface area contributed by atoms with Crippen LogP contribution in [0.25, 0.3) is 21.9 Å². The second kappa shape index (κ2) is 10.0. The van der Waals surface area contributed by atoms with Gasteiger partial charge in [-0.15, -0.1) is 0 Å². The Bertz CT molecular complexity index is 1420. The molecule has 0 unspecified atom stereocenters. The Kier molecular flexibility index (Phi) is 6.66. The van der Waals surface area contributed by atoms with Gasteiger partial charge in [-0.3, -0.25) is 4.90 Å². The molecule has 8 nitrogen and oxygen atoms in total. The van der Waals surface area contributed by atoms with Gasteiger partial charge in [0, 0.05) is 71.9 Å². The summed E-state index contributed by atoms with van der Waals surface area (Å²) in [5.74, 6) is 0.311. The molecule has 0 radical (unpaired) electrons. The van der Waals surface area contributed by atoms with Crippen molar-refractivity contribution in [3.8, 4) is 5.75 Å². The van der Waals surface area contributed by atoms with Crippen LogP contribution in [0.1, 0.15) is 18.4 Å². The molecule has 1 aliphatic rings. The summed E-state index contributed by atoms with van der Waals surface area (Å²) in [5.41, 5.74) is 3.16. The van der Waals surface area contributed by atoms with Crippen LogP contribution in [0.15, 0.2) is 57.9 Å². The lowest BCUT2D eigenvalue weighted by Crippen LogP contribution is -2.46. The van der Waals surface area contributed by atoms with Gasteiger partial charge in [0.05, 0.1) is 5.69 Å². The normalized spacial score (nSPS) is 14.6. The number of H-pyrrole nitrogens is 1. The fourth-order valence-corrected chi connectivity index (χ4v) is 4.94. The van der Waals surface area contributed by atoms with Crippen molar-refractivity contribution in [1.29, 1.82) is 0 Å². The first-order valence-electron chi connectivity index (χ1n) is 11.7. The van der Waals surface area contributed by atoms with Crippen LogP contribution in [0.4, 0.5) is 10.5 Å². The number of piperazine rings is 1. The molecule has 1 fully saturated rings. The zero-order valence-corrected chi connectivity index (χ0v) is 19.9. The van der Waals surface area contributed by atoms with E-state index in [2.05, 4.69) is 14.8 Å². The summed E-state index contributed by atoms with van der Waals surface area (Å²) in [6.07, 6.45) is 3.77. The Morgan fingerprint density at radius 1 is 1.06 bits per heavy atom. The maximum atomic E-state index is 12.1. The van der Waals surface area contributed by atoms with Gasteiger partial charge in [0.15, 0.2) is 0 Å². The minimum Gasteiger partial charge on any atom is -0.449 e. The van der Waals surface area contributed by atoms with Crippen LogP contribution in [0, 0.1) is 0 Å². The lowest BCUT2D eigenvalue weighted by Gasteiger charge is -2.36. The maximum absolute atomic E-state index is 12.1. The van der Waals surface area contributed by atoms with Crippen molar-refractivity contribution < 1.29 is 19.1 Å². The van der Waals surface area contributed by atoms with E-state index in [0.29, 0.717) is 16.4 Å². The summed E-state index contributed by atoms with van der Waals surface area (Å²) in [5, 5.41) is 11.3. The van der Waals surface area contributed by atoms with E-state index in [1.807, 2.05) is 24.4 Å². The van der Waals surface area contributed by atoms with Crippen LogP contribution in [-0.4, -0.2) is 53.9 Å². The van der Waals surface area contributed by atoms with E-state index in [1.54, 1.807) is 24.3 Å². The molecule has 35 heavy (non-hydrogen) atoms. The third kappa shape index (κ3) is 5.28. The van der Waals surface area contributed by atoms with Crippen molar-refractivity contribution in [2.75, 3.05) is 37.6 Å². The molecule has 2 aromatic heterocycles. The summed E-state index contributed by atoms with van der Waals surface area (Å²) in [6.45, 7) is 4.61. The van der Waals surface area contributed by atoms with Gasteiger partial charge in [-0.05, 0) is 55.6 Å². The van der Waals surface area contributed by atoms with Gasteiger partial charge >= 0.3 is 11.8 Å². The van der Waals surface area contributed by atoms with Crippen LogP contribution in [-0.2, 0) is 6.42 Å². The highest BCUT2D eigenvalue weighted by Crippen LogP contribution is 2.28. The third-order valence-corrected chi connectivity index (χ3v) is 6.75. The summed E-state index contributed by atoms with van der Waals surface area (Å²) in [6, 6.07) is 12.3. The second-order valence-corrected chi connectivity index (χ2v) is 9.20. The van der Waals surface area contributed by atoms with Crippen LogP contribution in [0.5, 0.6) is 5.75 Å². The number of ether oxygens (including phenoxy) is 1. The highest BCUT2D eigenvalue weighted by Gasteiger charge is 2.20. The first kappa shape index (κ1) is 23.3. The van der Waals surface area contributed by atoms with Crippen molar-refractivity contribution in [2.45, 2.75) is 19.3 Å². The zero-order valence-electron chi connectivity index (χ0n) is 19.1. The maximum Gasteiger partial charge on any atom is 0.511 e. The van der Waals surface area contributed by atoms with Gasteiger partial charge < -0.3 is 24.1 Å². The molecule has 0 saturated carbocycles. The van der Waals surface area contributed by atoms with Crippen molar-refractivity contribution >= 4 is 45.3 Å². The lowest BCUT2D eigenvalue weighted by molar-refractivity contribution is 0.144. The number of fused-ring (bicyclic) bond motifs is 2. The minimum absolute atomic E-state index is 0.311. The molecule has 1 aliphatic heterocycles. The summed E-state index contributed by atoms with van der Waals surface area (Å²) in [7, 11) is 0. The molecule has 0 amide bonds. The second-order valence-electron chi connectivity index (χ2n) is 8.77. The van der Waals surface area contributed by atoms with Crippen LogP contribution < -0.4 is 15.3 Å². The molecule has 4 aromatic rings. The Morgan fingerprint density at radius 2 is 1.86 bits per heavy atom. The number of aryl methyl sites for hydroxylation is 1. The van der Waals surface area contributed by atoms with Crippen LogP contribution >= 0.6 is 11.6 Å². The van der Waals surface area contributed by atoms with E-state index < -0.39 is 6.16 Å². The predicted octanol–water partition coefficient (Wildman–Crippen LogP) is 5.13. The smallest absolute Gasteiger partial charge is 0.449 e. The van der Waals surface area contributed by atoms with Crippen LogP contribution in [0.3, 0.4) is 0 Å². The number of halogens is 1. The highest BCUT2D eigenvalue weighted by atomic mass is 35.5. The Balaban J connectivity index is 1.12. The number of rotatable bonds is 7. The summed E-state index contributed by atoms with van der Waals surface area (Å²) in [4.78, 5) is 30.7. The molecule has 2 aromatic carbocycles. The number of nitrogens with zero attached hydrogens (tertiary/aromatic N) is 2. The highest BCUT2D eigenvalue weighted by molar-refractivity contribution is 6.31. The number of carbonyl (C=O) groups is 1. The van der Waals surface area contributed by atoms with Crippen LogP contribution in [0.2, 0.25) is 5.02 Å². The number of aromatic amines is 1. The molecule has 0 bridgehead atoms. The fourth-order valence-electron chi connectivity index (χ4n) is 4.78. The molecule has 0 atom stereocenters. The monoisotopic (exact) mass is 495 g/mol. The first-order valence-corrected chi connectivity index (χ1v) is 12.1. The van der Waals surface area contributed by atoms with Gasteiger partial charge in [0.1, 0.15) is 11.3 Å². The quantitative estimate of drug-likeness (QED) is 0.159. The number of hydrogen-bond acceptors (Lipinski definition) is 6. The van der Waals surface area contributed by atoms with E-state index >= 15 is 0 Å². The number of nitrogens with one attached hydrogen (secondary N) is 1. The topological polar surface area (TPSA) is 99.0 Å². The van der Waals surface area contributed by atoms with Gasteiger partial charge in [0.2, 0.25) is 0 Å². The Hall–Kier alpha value is -3.49. The van der Waals surface area contributed by atoms with Gasteiger partial charge in [-0.1, -0.05) is 11.6 Å². The number of hydrogen-bond donors (Lipinski definition) is 2. The molecule has 0 aliphatic carbocycles. The number of anilines is 1. The molecule has 3 heterocycles. The number of benzene rings is 2. The largest absolute Gasteiger partial charge is 0.511 e. The number of unbranched alkanes of at least 4 members (excludes halogenated alkanes) is 1. The first-order chi connectivity index (χ1) is 17.0. The zero-order chi connectivity index (χ0) is 24.4. The molecule has 5 rings (SSSR count). The Morgan fingerprint density at radius 3 is 2.66 bits per heavy atom. The van der Waals surface area contributed by atoms with Gasteiger partial charge in [0.25, 0.3) is 0 Å². The van der Waals surface area contributed by atoms with E-state index in [9.17, 15) is 9.59 Å². The Labute approximate surface area is 206 Å². The van der Waals surface area contributed by atoms with Crippen molar-refractivity contribution in [3.63, 3.8) is 0 Å². The van der Waals surface area contributed by atoms with Gasteiger partial charge in [-0.2, -0.15) is 0 Å². The molecule has 182 valence electrons. The van der Waals surface area contributed by atoms with Crippen molar-refractivity contribution in [3.05, 3.63) is 69.7 Å². The fraction of sp³-hybridized carbons (Fsp3) is 0.308. The third-order valence-electron chi connectivity index (χ3n) is 6.51. The average Bonchev–Trinajstić information content (AvgIpc) is 3.23. The summed E-state index contributed by atoms with van der Waals surface area (Å²) < 4.78 is 10.1. The lowest BCUT2D eigenvalue weighted by atomic mass is 10.1. The SMILES string of the molecule is O=C(O)Oc1ccc2c(CCCCN3CCN(c4cc(=O)oc5cc(Cl)ccc45)CC3)c[nH]c2c1.